The van der Waals surface area contributed by atoms with Gasteiger partial charge in [-0.1, -0.05) is 18.2 Å². The minimum atomic E-state index is -0.602. The largest absolute Gasteiger partial charge is 0.492 e. The van der Waals surface area contributed by atoms with Gasteiger partial charge in [-0.3, -0.25) is 0 Å². The number of halogens is 2. The Morgan fingerprint density at radius 3 is 2.50 bits per heavy atom. The zero-order valence-electron chi connectivity index (χ0n) is 9.70. The van der Waals surface area contributed by atoms with Crippen LogP contribution in [0.4, 0.5) is 14.5 Å². The Bertz CT molecular complexity index is 502. The smallest absolute Gasteiger partial charge is 0.149 e. The summed E-state index contributed by atoms with van der Waals surface area (Å²) in [7, 11) is 0. The maximum absolute atomic E-state index is 13.3. The van der Waals surface area contributed by atoms with Gasteiger partial charge in [0.25, 0.3) is 0 Å². The van der Waals surface area contributed by atoms with Gasteiger partial charge in [-0.05, 0) is 24.3 Å². The average Bonchev–Trinajstić information content (AvgIpc) is 2.38. The first-order valence-corrected chi connectivity index (χ1v) is 5.62. The molecule has 2 aromatic carbocycles. The quantitative estimate of drug-likeness (QED) is 0.819. The van der Waals surface area contributed by atoms with Gasteiger partial charge in [-0.15, -0.1) is 0 Å². The van der Waals surface area contributed by atoms with E-state index in [9.17, 15) is 8.78 Å². The average molecular weight is 249 g/mol. The van der Waals surface area contributed by atoms with Gasteiger partial charge in [-0.2, -0.15) is 0 Å². The van der Waals surface area contributed by atoms with E-state index < -0.39 is 11.6 Å². The van der Waals surface area contributed by atoms with Crippen molar-refractivity contribution in [3.8, 4) is 5.75 Å². The summed E-state index contributed by atoms with van der Waals surface area (Å²) < 4.78 is 31.4. The van der Waals surface area contributed by atoms with Crippen molar-refractivity contribution in [1.82, 2.24) is 0 Å². The SMILES string of the molecule is Fc1ccc(NCCOc2ccccc2)c(F)c1. The van der Waals surface area contributed by atoms with Crippen molar-refractivity contribution in [3.63, 3.8) is 0 Å². The molecule has 0 aliphatic heterocycles. The standard InChI is InChI=1S/C14H13F2NO/c15-11-6-7-14(13(16)10-11)17-8-9-18-12-4-2-1-3-5-12/h1-7,10,17H,8-9H2. The summed E-state index contributed by atoms with van der Waals surface area (Å²) in [5, 5.41) is 2.84. The van der Waals surface area contributed by atoms with Crippen LogP contribution in [0.15, 0.2) is 48.5 Å². The first kappa shape index (κ1) is 12.4. The summed E-state index contributed by atoms with van der Waals surface area (Å²) in [4.78, 5) is 0. The van der Waals surface area contributed by atoms with Crippen LogP contribution < -0.4 is 10.1 Å². The molecule has 0 amide bonds. The molecule has 0 radical (unpaired) electrons. The third kappa shape index (κ3) is 3.45. The molecule has 1 N–H and O–H groups in total. The topological polar surface area (TPSA) is 21.3 Å². The van der Waals surface area contributed by atoms with Gasteiger partial charge in [0.1, 0.15) is 24.0 Å². The normalized spacial score (nSPS) is 10.1. The van der Waals surface area contributed by atoms with E-state index in [2.05, 4.69) is 5.32 Å². The lowest BCUT2D eigenvalue weighted by atomic mass is 10.3. The van der Waals surface area contributed by atoms with E-state index in [0.29, 0.717) is 13.2 Å². The lowest BCUT2D eigenvalue weighted by Crippen LogP contribution is -2.12. The zero-order chi connectivity index (χ0) is 12.8. The molecule has 2 nitrogen and oxygen atoms in total. The Balaban J connectivity index is 1.79. The van der Waals surface area contributed by atoms with Gasteiger partial charge in [-0.25, -0.2) is 8.78 Å². The Morgan fingerprint density at radius 2 is 1.78 bits per heavy atom. The van der Waals surface area contributed by atoms with Crippen LogP contribution in [-0.2, 0) is 0 Å². The summed E-state index contributed by atoms with van der Waals surface area (Å²) in [6.45, 7) is 0.846. The fourth-order valence-electron chi connectivity index (χ4n) is 1.50. The van der Waals surface area contributed by atoms with Crippen LogP contribution in [0.5, 0.6) is 5.75 Å². The summed E-state index contributed by atoms with van der Waals surface area (Å²) in [6, 6.07) is 12.8. The molecule has 0 aliphatic rings. The van der Waals surface area contributed by atoms with Crippen molar-refractivity contribution in [2.45, 2.75) is 0 Å². The monoisotopic (exact) mass is 249 g/mol. The first-order chi connectivity index (χ1) is 8.75. The number of hydrogen-bond donors (Lipinski definition) is 1. The number of rotatable bonds is 5. The third-order valence-electron chi connectivity index (χ3n) is 2.36. The molecular formula is C14H13F2NO. The fourth-order valence-corrected chi connectivity index (χ4v) is 1.50. The Labute approximate surface area is 104 Å². The third-order valence-corrected chi connectivity index (χ3v) is 2.36. The van der Waals surface area contributed by atoms with Gasteiger partial charge >= 0.3 is 0 Å². The molecule has 2 rings (SSSR count). The zero-order valence-corrected chi connectivity index (χ0v) is 9.70. The Morgan fingerprint density at radius 1 is 1.00 bits per heavy atom. The number of ether oxygens (including phenoxy) is 1. The maximum atomic E-state index is 13.3. The molecule has 0 saturated carbocycles. The van der Waals surface area contributed by atoms with Crippen LogP contribution in [0, 0.1) is 11.6 Å². The van der Waals surface area contributed by atoms with Crippen molar-refractivity contribution in [1.29, 1.82) is 0 Å². The van der Waals surface area contributed by atoms with Gasteiger partial charge < -0.3 is 10.1 Å². The molecule has 2 aromatic rings. The second kappa shape index (κ2) is 6.00. The van der Waals surface area contributed by atoms with E-state index in [0.717, 1.165) is 11.8 Å². The highest BCUT2D eigenvalue weighted by molar-refractivity contribution is 5.44. The minimum absolute atomic E-state index is 0.271. The predicted octanol–water partition coefficient (Wildman–Crippen LogP) is 3.46. The van der Waals surface area contributed by atoms with Gasteiger partial charge in [0.2, 0.25) is 0 Å². The predicted molar refractivity (Wildman–Crippen MR) is 66.8 cm³/mol. The summed E-state index contributed by atoms with van der Waals surface area (Å²) in [5.41, 5.74) is 0.271. The molecule has 4 heteroatoms. The molecule has 0 fully saturated rings. The number of hydrogen-bond acceptors (Lipinski definition) is 2. The van der Waals surface area contributed by atoms with Crippen LogP contribution in [0.3, 0.4) is 0 Å². The second-order valence-corrected chi connectivity index (χ2v) is 3.71. The maximum Gasteiger partial charge on any atom is 0.149 e. The molecule has 0 unspecified atom stereocenters. The molecule has 0 bridgehead atoms. The van der Waals surface area contributed by atoms with Crippen LogP contribution in [-0.4, -0.2) is 13.2 Å². The summed E-state index contributed by atoms with van der Waals surface area (Å²) in [5.74, 6) is -0.424. The van der Waals surface area contributed by atoms with E-state index in [1.54, 1.807) is 0 Å². The van der Waals surface area contributed by atoms with E-state index in [-0.39, 0.29) is 5.69 Å². The van der Waals surface area contributed by atoms with Crippen LogP contribution in [0.1, 0.15) is 0 Å². The molecule has 0 spiro atoms. The number of benzene rings is 2. The summed E-state index contributed by atoms with van der Waals surface area (Å²) >= 11 is 0. The summed E-state index contributed by atoms with van der Waals surface area (Å²) in [6.07, 6.45) is 0. The number of para-hydroxylation sites is 1. The highest BCUT2D eigenvalue weighted by Crippen LogP contribution is 2.14. The van der Waals surface area contributed by atoms with E-state index in [1.807, 2.05) is 30.3 Å². The van der Waals surface area contributed by atoms with Crippen molar-refractivity contribution in [2.75, 3.05) is 18.5 Å². The van der Waals surface area contributed by atoms with Crippen LogP contribution >= 0.6 is 0 Å². The molecule has 0 aliphatic carbocycles. The fraction of sp³-hybridized carbons (Fsp3) is 0.143. The van der Waals surface area contributed by atoms with Gasteiger partial charge in [0.15, 0.2) is 0 Å². The molecular weight excluding hydrogens is 236 g/mol. The van der Waals surface area contributed by atoms with Gasteiger partial charge in [0.05, 0.1) is 5.69 Å². The van der Waals surface area contributed by atoms with Crippen molar-refractivity contribution in [2.24, 2.45) is 0 Å². The van der Waals surface area contributed by atoms with Crippen LogP contribution in [0.25, 0.3) is 0 Å². The lowest BCUT2D eigenvalue weighted by molar-refractivity contribution is 0.332. The highest BCUT2D eigenvalue weighted by Gasteiger charge is 2.02. The lowest BCUT2D eigenvalue weighted by Gasteiger charge is -2.09. The highest BCUT2D eigenvalue weighted by atomic mass is 19.1. The van der Waals surface area contributed by atoms with Crippen LogP contribution in [0.2, 0.25) is 0 Å². The minimum Gasteiger partial charge on any atom is -0.492 e. The van der Waals surface area contributed by atoms with Crippen molar-refractivity contribution in [3.05, 3.63) is 60.2 Å². The van der Waals surface area contributed by atoms with Gasteiger partial charge in [0, 0.05) is 12.6 Å². The molecule has 0 aromatic heterocycles. The Kier molecular flexibility index (Phi) is 4.12. The van der Waals surface area contributed by atoms with Crippen molar-refractivity contribution < 1.29 is 13.5 Å². The van der Waals surface area contributed by atoms with E-state index in [4.69, 9.17) is 4.74 Å². The van der Waals surface area contributed by atoms with E-state index >= 15 is 0 Å². The number of anilines is 1. The molecule has 0 heterocycles. The molecule has 18 heavy (non-hydrogen) atoms. The van der Waals surface area contributed by atoms with E-state index in [1.165, 1.54) is 12.1 Å². The molecule has 0 saturated heterocycles. The molecule has 94 valence electrons. The second-order valence-electron chi connectivity index (χ2n) is 3.71. The van der Waals surface area contributed by atoms with Crippen molar-refractivity contribution >= 4 is 5.69 Å². The number of nitrogens with one attached hydrogen (secondary N) is 1. The Hall–Kier alpha value is -2.10. The molecule has 0 atom stereocenters. The first-order valence-electron chi connectivity index (χ1n) is 5.62.